The molecule has 1 saturated heterocycles. The van der Waals surface area contributed by atoms with E-state index in [0.717, 1.165) is 18.4 Å². The maximum absolute atomic E-state index is 11.3. The Bertz CT molecular complexity index is 727. The van der Waals surface area contributed by atoms with Gasteiger partial charge in [0.25, 0.3) is 0 Å². The molecule has 7 nitrogen and oxygen atoms in total. The van der Waals surface area contributed by atoms with Gasteiger partial charge >= 0.3 is 5.69 Å². The summed E-state index contributed by atoms with van der Waals surface area (Å²) in [4.78, 5) is 10.9. The summed E-state index contributed by atoms with van der Waals surface area (Å²) in [5, 5.41) is 15.8. The normalized spacial score (nSPS) is 23.5. The van der Waals surface area contributed by atoms with E-state index in [9.17, 15) is 10.1 Å². The Hall–Kier alpha value is -2.25. The zero-order chi connectivity index (χ0) is 16.5. The van der Waals surface area contributed by atoms with Gasteiger partial charge < -0.3 is 9.47 Å². The van der Waals surface area contributed by atoms with Gasteiger partial charge in [-0.1, -0.05) is 30.3 Å². The van der Waals surface area contributed by atoms with Crippen LogP contribution in [0.1, 0.15) is 36.1 Å². The van der Waals surface area contributed by atoms with E-state index >= 15 is 0 Å². The van der Waals surface area contributed by atoms with E-state index in [1.807, 2.05) is 30.3 Å². The van der Waals surface area contributed by atoms with Crippen molar-refractivity contribution in [3.8, 4) is 0 Å². The molecule has 1 aromatic carbocycles. The Labute approximate surface area is 139 Å². The Morgan fingerprint density at radius 1 is 1.29 bits per heavy atom. The number of benzene rings is 1. The lowest BCUT2D eigenvalue weighted by Gasteiger charge is -2.18. The van der Waals surface area contributed by atoms with E-state index in [1.54, 1.807) is 4.68 Å². The average Bonchev–Trinajstić information content (AvgIpc) is 3.17. The first-order valence-electron chi connectivity index (χ1n) is 8.19. The molecule has 2 atom stereocenters. The van der Waals surface area contributed by atoms with Crippen molar-refractivity contribution in [1.82, 2.24) is 9.78 Å². The fraction of sp³-hybridized carbons (Fsp3) is 0.471. The minimum Gasteiger partial charge on any atom is -0.376 e. The van der Waals surface area contributed by atoms with Gasteiger partial charge in [-0.05, 0) is 18.4 Å². The second-order valence-electron chi connectivity index (χ2n) is 6.35. The van der Waals surface area contributed by atoms with Crippen LogP contribution in [0, 0.1) is 10.1 Å². The van der Waals surface area contributed by atoms with Gasteiger partial charge in [0.05, 0.1) is 24.7 Å². The highest BCUT2D eigenvalue weighted by Crippen LogP contribution is 2.43. The predicted molar refractivity (Wildman–Crippen MR) is 85.7 cm³/mol. The number of aromatic nitrogens is 2. The zero-order valence-corrected chi connectivity index (χ0v) is 13.2. The molecule has 0 N–H and O–H groups in total. The molecule has 1 aliphatic heterocycles. The van der Waals surface area contributed by atoms with Crippen molar-refractivity contribution < 1.29 is 14.4 Å². The summed E-state index contributed by atoms with van der Waals surface area (Å²) < 4.78 is 13.2. The van der Waals surface area contributed by atoms with Crippen LogP contribution < -0.4 is 0 Å². The van der Waals surface area contributed by atoms with Crippen LogP contribution >= 0.6 is 0 Å². The third kappa shape index (κ3) is 3.05. The highest BCUT2D eigenvalue weighted by Gasteiger charge is 2.38. The Morgan fingerprint density at radius 2 is 2.08 bits per heavy atom. The Kier molecular flexibility index (Phi) is 4.03. The first kappa shape index (κ1) is 15.3. The van der Waals surface area contributed by atoms with Gasteiger partial charge in [-0.15, -0.1) is 0 Å². The molecule has 0 amide bonds. The molecule has 0 radical (unpaired) electrons. The lowest BCUT2D eigenvalue weighted by molar-refractivity contribution is -0.385. The number of hydrogen-bond acceptors (Lipinski definition) is 5. The molecule has 1 aliphatic carbocycles. The SMILES string of the molecule is O=[N+]([O-])c1cn(C2COCC2OCc2ccccc2)nc1C1CC1. The van der Waals surface area contributed by atoms with E-state index < -0.39 is 0 Å². The summed E-state index contributed by atoms with van der Waals surface area (Å²) in [6, 6.07) is 9.80. The molecule has 126 valence electrons. The van der Waals surface area contributed by atoms with Crippen molar-refractivity contribution in [2.24, 2.45) is 0 Å². The minimum absolute atomic E-state index is 0.117. The second kappa shape index (κ2) is 6.33. The minimum atomic E-state index is -0.340. The molecule has 2 aliphatic rings. The van der Waals surface area contributed by atoms with Gasteiger partial charge in [0.15, 0.2) is 0 Å². The van der Waals surface area contributed by atoms with E-state index in [4.69, 9.17) is 9.47 Å². The summed E-state index contributed by atoms with van der Waals surface area (Å²) in [6.45, 7) is 1.43. The quantitative estimate of drug-likeness (QED) is 0.601. The van der Waals surface area contributed by atoms with E-state index in [0.29, 0.717) is 25.5 Å². The number of rotatable bonds is 6. The first-order chi connectivity index (χ1) is 11.7. The molecule has 0 spiro atoms. The van der Waals surface area contributed by atoms with Gasteiger partial charge in [-0.3, -0.25) is 14.8 Å². The molecule has 0 bridgehead atoms. The third-order valence-electron chi connectivity index (χ3n) is 4.55. The molecule has 1 saturated carbocycles. The highest BCUT2D eigenvalue weighted by molar-refractivity contribution is 5.38. The van der Waals surface area contributed by atoms with Crippen LogP contribution in [-0.4, -0.2) is 34.0 Å². The molecule has 24 heavy (non-hydrogen) atoms. The lowest BCUT2D eigenvalue weighted by atomic mass is 10.2. The van der Waals surface area contributed by atoms with Crippen LogP contribution in [0.4, 0.5) is 5.69 Å². The maximum atomic E-state index is 11.3. The first-order valence-corrected chi connectivity index (χ1v) is 8.19. The topological polar surface area (TPSA) is 79.4 Å². The third-order valence-corrected chi connectivity index (χ3v) is 4.55. The van der Waals surface area contributed by atoms with Crippen LogP contribution in [0.5, 0.6) is 0 Å². The summed E-state index contributed by atoms with van der Waals surface area (Å²) >= 11 is 0. The zero-order valence-electron chi connectivity index (χ0n) is 13.2. The number of ether oxygens (including phenoxy) is 2. The van der Waals surface area contributed by atoms with Crippen molar-refractivity contribution in [2.45, 2.75) is 37.5 Å². The summed E-state index contributed by atoms with van der Waals surface area (Å²) in [7, 11) is 0. The largest absolute Gasteiger partial charge is 0.376 e. The molecule has 7 heteroatoms. The molecule has 2 unspecified atom stereocenters. The van der Waals surface area contributed by atoms with Gasteiger partial charge in [0, 0.05) is 5.92 Å². The van der Waals surface area contributed by atoms with Crippen molar-refractivity contribution >= 4 is 5.69 Å². The van der Waals surface area contributed by atoms with Gasteiger partial charge in [0.1, 0.15) is 24.0 Å². The van der Waals surface area contributed by atoms with Gasteiger partial charge in [0.2, 0.25) is 0 Å². The molecule has 1 aromatic heterocycles. The summed E-state index contributed by atoms with van der Waals surface area (Å²) in [6.07, 6.45) is 3.34. The summed E-state index contributed by atoms with van der Waals surface area (Å²) in [5.41, 5.74) is 1.81. The monoisotopic (exact) mass is 329 g/mol. The Morgan fingerprint density at radius 3 is 2.79 bits per heavy atom. The average molecular weight is 329 g/mol. The predicted octanol–water partition coefficient (Wildman–Crippen LogP) is 2.83. The van der Waals surface area contributed by atoms with Crippen LogP contribution in [0.25, 0.3) is 0 Å². The van der Waals surface area contributed by atoms with Crippen molar-refractivity contribution in [3.63, 3.8) is 0 Å². The fourth-order valence-corrected chi connectivity index (χ4v) is 3.06. The smallest absolute Gasteiger partial charge is 0.310 e. The number of nitrogens with zero attached hydrogens (tertiary/aromatic N) is 3. The molecular formula is C17H19N3O4. The molecule has 2 fully saturated rings. The lowest BCUT2D eigenvalue weighted by Crippen LogP contribution is -2.26. The highest BCUT2D eigenvalue weighted by atomic mass is 16.6. The second-order valence-corrected chi connectivity index (χ2v) is 6.35. The Balaban J connectivity index is 1.50. The van der Waals surface area contributed by atoms with Crippen LogP contribution in [0.2, 0.25) is 0 Å². The summed E-state index contributed by atoms with van der Waals surface area (Å²) in [5.74, 6) is 0.234. The maximum Gasteiger partial charge on any atom is 0.310 e. The van der Waals surface area contributed by atoms with Gasteiger partial charge in [-0.2, -0.15) is 5.10 Å². The standard InChI is InChI=1S/C17H19N3O4/c21-20(22)14-8-19(18-17(14)13-6-7-13)15-10-23-11-16(15)24-9-12-4-2-1-3-5-12/h1-5,8,13,15-16H,6-7,9-11H2. The van der Waals surface area contributed by atoms with Crippen molar-refractivity contribution in [3.05, 3.63) is 57.9 Å². The fourth-order valence-electron chi connectivity index (χ4n) is 3.06. The molecule has 2 heterocycles. The number of hydrogen-bond donors (Lipinski definition) is 0. The van der Waals surface area contributed by atoms with Gasteiger partial charge in [-0.25, -0.2) is 0 Å². The number of nitro groups is 1. The molecule has 4 rings (SSSR count). The van der Waals surface area contributed by atoms with Crippen LogP contribution in [0.3, 0.4) is 0 Å². The van der Waals surface area contributed by atoms with E-state index in [-0.39, 0.29) is 28.7 Å². The van der Waals surface area contributed by atoms with Crippen molar-refractivity contribution in [1.29, 1.82) is 0 Å². The van der Waals surface area contributed by atoms with Crippen LogP contribution in [-0.2, 0) is 16.1 Å². The molecule has 2 aromatic rings. The van der Waals surface area contributed by atoms with E-state index in [2.05, 4.69) is 5.10 Å². The van der Waals surface area contributed by atoms with Crippen LogP contribution in [0.15, 0.2) is 36.5 Å². The molecular weight excluding hydrogens is 310 g/mol. The van der Waals surface area contributed by atoms with E-state index in [1.165, 1.54) is 6.20 Å². The van der Waals surface area contributed by atoms with Crippen molar-refractivity contribution in [2.75, 3.05) is 13.2 Å².